The third-order valence-electron chi connectivity index (χ3n) is 11.2. The molecule has 11 heteroatoms. The van der Waals surface area contributed by atoms with Gasteiger partial charge in [-0.15, -0.1) is 0 Å². The maximum Gasteiger partial charge on any atom is 0.335 e. The Hall–Kier alpha value is -5.68. The number of carbonyl (C=O) groups is 3. The van der Waals surface area contributed by atoms with Gasteiger partial charge < -0.3 is 33.7 Å². The largest absolute Gasteiger partial charge is 0.493 e. The van der Waals surface area contributed by atoms with Gasteiger partial charge in [0.15, 0.2) is 17.3 Å². The Morgan fingerprint density at radius 3 is 2.13 bits per heavy atom. The molecule has 0 radical (unpaired) electrons. The molecule has 0 bridgehead atoms. The van der Waals surface area contributed by atoms with E-state index in [0.29, 0.717) is 48.3 Å². The van der Waals surface area contributed by atoms with Gasteiger partial charge in [-0.3, -0.25) is 9.59 Å². The number of likely N-dealkylation sites (tertiary alicyclic amines) is 2. The molecule has 0 aliphatic carbocycles. The molecule has 0 spiro atoms. The molecule has 4 aromatic carbocycles. The maximum absolute atomic E-state index is 14.1. The molecule has 1 amide bonds. The summed E-state index contributed by atoms with van der Waals surface area (Å²) in [5.41, 5.74) is 4.27. The molecule has 2 fully saturated rings. The van der Waals surface area contributed by atoms with Gasteiger partial charge in [-0.25, -0.2) is 9.78 Å². The Balaban J connectivity index is 1.03. The zero-order valence-corrected chi connectivity index (χ0v) is 31.0. The van der Waals surface area contributed by atoms with Crippen LogP contribution in [-0.2, 0) is 12.0 Å². The number of piperidine rings is 1. The van der Waals surface area contributed by atoms with Crippen molar-refractivity contribution in [1.29, 1.82) is 0 Å². The summed E-state index contributed by atoms with van der Waals surface area (Å²) in [5.74, 6) is 0.640. The van der Waals surface area contributed by atoms with Crippen LogP contribution in [0.5, 0.6) is 17.2 Å². The fourth-order valence-electron chi connectivity index (χ4n) is 8.14. The number of methoxy groups -OCH3 is 3. The highest BCUT2D eigenvalue weighted by molar-refractivity contribution is 5.98. The number of para-hydroxylation sites is 2. The van der Waals surface area contributed by atoms with Crippen molar-refractivity contribution in [2.24, 2.45) is 5.92 Å². The first-order valence-corrected chi connectivity index (χ1v) is 18.4. The van der Waals surface area contributed by atoms with E-state index in [1.807, 2.05) is 39.8 Å². The number of hydrogen-bond donors (Lipinski definition) is 1. The first kappa shape index (κ1) is 36.7. The number of ketones is 1. The van der Waals surface area contributed by atoms with Gasteiger partial charge in [-0.05, 0) is 92.8 Å². The summed E-state index contributed by atoms with van der Waals surface area (Å²) in [6.07, 6.45) is 3.20. The molecular weight excluding hydrogens is 684 g/mol. The van der Waals surface area contributed by atoms with Crippen LogP contribution in [0.4, 0.5) is 0 Å². The molecule has 7 rings (SSSR count). The van der Waals surface area contributed by atoms with Crippen LogP contribution < -0.4 is 14.2 Å². The molecule has 3 heterocycles. The average Bonchev–Trinajstić information content (AvgIpc) is 3.82. The van der Waals surface area contributed by atoms with Crippen molar-refractivity contribution in [3.8, 4) is 17.2 Å². The van der Waals surface area contributed by atoms with E-state index in [1.54, 1.807) is 57.7 Å². The molecule has 2 aliphatic rings. The van der Waals surface area contributed by atoms with E-state index in [-0.39, 0.29) is 28.6 Å². The summed E-state index contributed by atoms with van der Waals surface area (Å²) in [7, 11) is 4.64. The highest BCUT2D eigenvalue weighted by Gasteiger charge is 2.42. The van der Waals surface area contributed by atoms with Crippen LogP contribution in [0.3, 0.4) is 0 Å². The number of fused-ring (bicyclic) bond motifs is 1. The zero-order valence-electron chi connectivity index (χ0n) is 31.0. The van der Waals surface area contributed by atoms with E-state index >= 15 is 0 Å². The van der Waals surface area contributed by atoms with E-state index in [1.165, 1.54) is 5.56 Å². The van der Waals surface area contributed by atoms with Crippen molar-refractivity contribution in [3.63, 3.8) is 0 Å². The van der Waals surface area contributed by atoms with Crippen LogP contribution in [-0.4, -0.2) is 96.2 Å². The van der Waals surface area contributed by atoms with Crippen molar-refractivity contribution in [2.75, 3.05) is 54.1 Å². The van der Waals surface area contributed by atoms with E-state index in [2.05, 4.69) is 29.2 Å². The lowest BCUT2D eigenvalue weighted by atomic mass is 9.76. The summed E-state index contributed by atoms with van der Waals surface area (Å²) in [6, 6.07) is 28.4. The standard InChI is InChI=1S/C43H46N4O7/c1-52-36-25-32(26-37(53-2)39(36)54-3)41(49)46-24-20-43(28-46,33-9-5-4-6-10-33)19-23-45-21-17-30(18-22-45)38(48)40-44-34-11-7-8-12-35(34)47(40)27-29-13-15-31(16-14-29)42(50)51/h4-16,25-26,30H,17-24,27-28H2,1-3H3,(H,50,51). The number of aromatic nitrogens is 2. The number of carbonyl (C=O) groups excluding carboxylic acids is 2. The van der Waals surface area contributed by atoms with Crippen molar-refractivity contribution < 1.29 is 33.7 Å². The van der Waals surface area contributed by atoms with Crippen molar-refractivity contribution in [1.82, 2.24) is 19.4 Å². The number of ether oxygens (including phenoxy) is 3. The second kappa shape index (κ2) is 15.7. The van der Waals surface area contributed by atoms with Crippen LogP contribution in [0.15, 0.2) is 91.0 Å². The molecule has 2 saturated heterocycles. The van der Waals surface area contributed by atoms with E-state index < -0.39 is 5.97 Å². The Bertz CT molecular complexity index is 2120. The summed E-state index contributed by atoms with van der Waals surface area (Å²) in [4.78, 5) is 48.7. The van der Waals surface area contributed by atoms with Gasteiger partial charge in [0.05, 0.1) is 37.9 Å². The van der Waals surface area contributed by atoms with E-state index in [0.717, 1.165) is 61.9 Å². The first-order chi connectivity index (χ1) is 26.2. The van der Waals surface area contributed by atoms with Gasteiger partial charge in [-0.2, -0.15) is 0 Å². The molecule has 5 aromatic rings. The number of benzene rings is 4. The van der Waals surface area contributed by atoms with Crippen LogP contribution >= 0.6 is 0 Å². The quantitative estimate of drug-likeness (QED) is 0.134. The van der Waals surface area contributed by atoms with Crippen molar-refractivity contribution >= 4 is 28.7 Å². The van der Waals surface area contributed by atoms with Crippen LogP contribution in [0.2, 0.25) is 0 Å². The lowest BCUT2D eigenvalue weighted by Crippen LogP contribution is -2.41. The number of nitrogens with zero attached hydrogens (tertiary/aromatic N) is 4. The minimum absolute atomic E-state index is 0.0468. The van der Waals surface area contributed by atoms with Gasteiger partial charge in [0.2, 0.25) is 11.5 Å². The molecule has 1 N–H and O–H groups in total. The van der Waals surface area contributed by atoms with Gasteiger partial charge in [0.1, 0.15) is 0 Å². The zero-order chi connectivity index (χ0) is 37.8. The predicted octanol–water partition coefficient (Wildman–Crippen LogP) is 6.58. The second-order valence-corrected chi connectivity index (χ2v) is 14.3. The third-order valence-corrected chi connectivity index (χ3v) is 11.2. The lowest BCUT2D eigenvalue weighted by molar-refractivity contribution is 0.0695. The number of Topliss-reactive ketones (excluding diaryl/α,β-unsaturated/α-hetero) is 1. The summed E-state index contributed by atoms with van der Waals surface area (Å²) in [5, 5.41) is 9.33. The Morgan fingerprint density at radius 2 is 1.48 bits per heavy atom. The number of rotatable bonds is 13. The van der Waals surface area contributed by atoms with E-state index in [9.17, 15) is 19.5 Å². The second-order valence-electron chi connectivity index (χ2n) is 14.3. The van der Waals surface area contributed by atoms with Gasteiger partial charge in [0.25, 0.3) is 5.91 Å². The summed E-state index contributed by atoms with van der Waals surface area (Å²) in [6.45, 7) is 4.09. The smallest absolute Gasteiger partial charge is 0.335 e. The first-order valence-electron chi connectivity index (χ1n) is 18.4. The Kier molecular flexibility index (Phi) is 10.7. The SMILES string of the molecule is COc1cc(C(=O)N2CCC(CCN3CCC(C(=O)c4nc5ccccc5n4Cc4ccc(C(=O)O)cc4)CC3)(c3ccccc3)C2)cc(OC)c1OC. The van der Waals surface area contributed by atoms with E-state index in [4.69, 9.17) is 19.2 Å². The Morgan fingerprint density at radius 1 is 0.815 bits per heavy atom. The number of imidazole rings is 1. The molecule has 0 saturated carbocycles. The topological polar surface area (TPSA) is 123 Å². The number of hydrogen-bond acceptors (Lipinski definition) is 8. The molecular formula is C43H46N4O7. The number of amides is 1. The number of carboxylic acids is 1. The molecule has 1 aromatic heterocycles. The fraction of sp³-hybridized carbons (Fsp3) is 0.349. The van der Waals surface area contributed by atoms with Crippen molar-refractivity contribution in [3.05, 3.63) is 119 Å². The number of carboxylic acid groups (broad SMARTS) is 1. The van der Waals surface area contributed by atoms with Gasteiger partial charge in [-0.1, -0.05) is 54.6 Å². The molecule has 1 unspecified atom stereocenters. The predicted molar refractivity (Wildman–Crippen MR) is 205 cm³/mol. The minimum Gasteiger partial charge on any atom is -0.493 e. The Labute approximate surface area is 315 Å². The van der Waals surface area contributed by atoms with Crippen LogP contribution in [0.25, 0.3) is 11.0 Å². The maximum atomic E-state index is 14.1. The normalized spacial score (nSPS) is 17.8. The van der Waals surface area contributed by atoms with Gasteiger partial charge in [0, 0.05) is 36.5 Å². The third kappa shape index (κ3) is 7.28. The molecule has 1 atom stereocenters. The van der Waals surface area contributed by atoms with Crippen LogP contribution in [0, 0.1) is 5.92 Å². The minimum atomic E-state index is -0.972. The van der Waals surface area contributed by atoms with Crippen molar-refractivity contribution in [2.45, 2.75) is 37.6 Å². The average molecular weight is 731 g/mol. The highest BCUT2D eigenvalue weighted by atomic mass is 16.5. The van der Waals surface area contributed by atoms with Crippen LogP contribution in [0.1, 0.15) is 68.1 Å². The number of aromatic carboxylic acids is 1. The highest BCUT2D eigenvalue weighted by Crippen LogP contribution is 2.42. The fourth-order valence-corrected chi connectivity index (χ4v) is 8.14. The molecule has 2 aliphatic heterocycles. The monoisotopic (exact) mass is 730 g/mol. The summed E-state index contributed by atoms with van der Waals surface area (Å²) >= 11 is 0. The lowest BCUT2D eigenvalue weighted by Gasteiger charge is -2.36. The molecule has 280 valence electrons. The molecule has 54 heavy (non-hydrogen) atoms. The molecule has 11 nitrogen and oxygen atoms in total. The van der Waals surface area contributed by atoms with Gasteiger partial charge >= 0.3 is 5.97 Å². The summed E-state index contributed by atoms with van der Waals surface area (Å²) < 4.78 is 18.5.